The van der Waals surface area contributed by atoms with Crippen molar-refractivity contribution in [3.8, 4) is 0 Å². The van der Waals surface area contributed by atoms with E-state index in [0.29, 0.717) is 0 Å². The molecule has 0 radical (unpaired) electrons. The molecule has 0 saturated heterocycles. The Balaban J connectivity index is 2.65. The Morgan fingerprint density at radius 1 is 1.31 bits per heavy atom. The molecule has 0 heterocycles. The van der Waals surface area contributed by atoms with E-state index in [1.54, 1.807) is 18.7 Å². The first kappa shape index (κ1) is 13.1. The Morgan fingerprint density at radius 2 is 1.88 bits per heavy atom. The van der Waals surface area contributed by atoms with Crippen LogP contribution in [0.15, 0.2) is 29.2 Å². The lowest BCUT2D eigenvalue weighted by Gasteiger charge is -2.18. The van der Waals surface area contributed by atoms with Crippen LogP contribution in [0.4, 0.5) is 0 Å². The number of amides is 1. The predicted octanol–water partition coefficient (Wildman–Crippen LogP) is 1.93. The number of nitrogens with two attached hydrogens (primary N) is 1. The topological polar surface area (TPSA) is 55.1 Å². The van der Waals surface area contributed by atoms with Crippen molar-refractivity contribution in [2.45, 2.75) is 30.8 Å². The molecular formula is C12H18N2OS. The van der Waals surface area contributed by atoms with Gasteiger partial charge in [-0.3, -0.25) is 10.1 Å². The number of hydrogen-bond acceptors (Lipinski definition) is 3. The third kappa shape index (κ3) is 3.54. The van der Waals surface area contributed by atoms with Crippen LogP contribution in [0, 0.1) is 0 Å². The Kier molecular flexibility index (Phi) is 4.83. The van der Waals surface area contributed by atoms with Gasteiger partial charge in [-0.1, -0.05) is 12.1 Å². The van der Waals surface area contributed by atoms with Crippen LogP contribution in [-0.2, 0) is 4.79 Å². The molecular weight excluding hydrogens is 220 g/mol. The van der Waals surface area contributed by atoms with E-state index in [1.165, 1.54) is 4.90 Å². The van der Waals surface area contributed by atoms with Crippen LogP contribution in [-0.4, -0.2) is 18.2 Å². The summed E-state index contributed by atoms with van der Waals surface area (Å²) >= 11 is 1.71. The Morgan fingerprint density at radius 3 is 2.31 bits per heavy atom. The molecule has 3 N–H and O–H groups in total. The molecule has 0 aliphatic rings. The SMILES string of the molecule is CSc1ccc(C(C)NC(C)C(N)=O)cc1. The number of rotatable bonds is 5. The normalized spacial score (nSPS) is 14.4. The zero-order chi connectivity index (χ0) is 12.1. The maximum Gasteiger partial charge on any atom is 0.234 e. The van der Waals surface area contributed by atoms with Crippen LogP contribution in [0.1, 0.15) is 25.5 Å². The van der Waals surface area contributed by atoms with Crippen LogP contribution in [0.2, 0.25) is 0 Å². The molecule has 3 nitrogen and oxygen atoms in total. The fourth-order valence-electron chi connectivity index (χ4n) is 1.45. The number of thioether (sulfide) groups is 1. The van der Waals surface area contributed by atoms with Gasteiger partial charge < -0.3 is 5.73 Å². The predicted molar refractivity (Wildman–Crippen MR) is 68.4 cm³/mol. The van der Waals surface area contributed by atoms with Gasteiger partial charge in [-0.05, 0) is 37.8 Å². The highest BCUT2D eigenvalue weighted by Gasteiger charge is 2.12. The van der Waals surface area contributed by atoms with E-state index in [2.05, 4.69) is 29.6 Å². The van der Waals surface area contributed by atoms with Crippen molar-refractivity contribution in [3.05, 3.63) is 29.8 Å². The minimum Gasteiger partial charge on any atom is -0.368 e. The molecule has 2 atom stereocenters. The zero-order valence-electron chi connectivity index (χ0n) is 9.86. The average Bonchev–Trinajstić information content (AvgIpc) is 2.28. The molecule has 88 valence electrons. The summed E-state index contributed by atoms with van der Waals surface area (Å²) in [6.07, 6.45) is 2.05. The van der Waals surface area contributed by atoms with E-state index in [0.717, 1.165) is 5.56 Å². The first-order valence-corrected chi connectivity index (χ1v) is 6.46. The molecule has 0 aliphatic heterocycles. The number of carbonyl (C=O) groups excluding carboxylic acids is 1. The lowest BCUT2D eigenvalue weighted by atomic mass is 10.1. The van der Waals surface area contributed by atoms with Crippen LogP contribution < -0.4 is 11.1 Å². The molecule has 16 heavy (non-hydrogen) atoms. The van der Waals surface area contributed by atoms with Crippen molar-refractivity contribution in [1.29, 1.82) is 0 Å². The molecule has 4 heteroatoms. The van der Waals surface area contributed by atoms with E-state index < -0.39 is 0 Å². The summed E-state index contributed by atoms with van der Waals surface area (Å²) < 4.78 is 0. The van der Waals surface area contributed by atoms with E-state index in [1.807, 2.05) is 13.2 Å². The van der Waals surface area contributed by atoms with Gasteiger partial charge in [0.25, 0.3) is 0 Å². The summed E-state index contributed by atoms with van der Waals surface area (Å²) in [5, 5.41) is 3.15. The van der Waals surface area contributed by atoms with Gasteiger partial charge in [-0.15, -0.1) is 11.8 Å². The smallest absolute Gasteiger partial charge is 0.234 e. The lowest BCUT2D eigenvalue weighted by Crippen LogP contribution is -2.39. The monoisotopic (exact) mass is 238 g/mol. The fourth-order valence-corrected chi connectivity index (χ4v) is 1.85. The highest BCUT2D eigenvalue weighted by molar-refractivity contribution is 7.98. The van der Waals surface area contributed by atoms with Gasteiger partial charge in [-0.2, -0.15) is 0 Å². The molecule has 1 aromatic rings. The summed E-state index contributed by atoms with van der Waals surface area (Å²) in [6, 6.07) is 8.10. The number of carbonyl (C=O) groups is 1. The maximum absolute atomic E-state index is 10.9. The third-order valence-electron chi connectivity index (χ3n) is 2.54. The largest absolute Gasteiger partial charge is 0.368 e. The quantitative estimate of drug-likeness (QED) is 0.771. The van der Waals surface area contributed by atoms with Crippen LogP contribution in [0.3, 0.4) is 0 Å². The summed E-state index contributed by atoms with van der Waals surface area (Å²) in [5.41, 5.74) is 6.36. The minimum absolute atomic E-state index is 0.124. The average molecular weight is 238 g/mol. The van der Waals surface area contributed by atoms with Crippen molar-refractivity contribution in [2.24, 2.45) is 5.73 Å². The first-order chi connectivity index (χ1) is 7.54. The van der Waals surface area contributed by atoms with E-state index in [4.69, 9.17) is 5.73 Å². The standard InChI is InChI=1S/C12H18N2OS/c1-8(14-9(2)12(13)15)10-4-6-11(16-3)7-5-10/h4-9,14H,1-3H3,(H2,13,15). The Hall–Kier alpha value is -1.00. The Bertz CT molecular complexity index is 351. The molecule has 0 saturated carbocycles. The minimum atomic E-state index is -0.326. The molecule has 0 fully saturated rings. The number of benzene rings is 1. The van der Waals surface area contributed by atoms with Gasteiger partial charge in [0, 0.05) is 10.9 Å². The second-order valence-electron chi connectivity index (χ2n) is 3.79. The first-order valence-electron chi connectivity index (χ1n) is 5.24. The van der Waals surface area contributed by atoms with E-state index >= 15 is 0 Å². The summed E-state index contributed by atoms with van der Waals surface area (Å²) in [7, 11) is 0. The number of hydrogen-bond donors (Lipinski definition) is 2. The van der Waals surface area contributed by atoms with Gasteiger partial charge in [0.15, 0.2) is 0 Å². The molecule has 1 aromatic carbocycles. The van der Waals surface area contributed by atoms with Gasteiger partial charge in [0.1, 0.15) is 0 Å². The van der Waals surface area contributed by atoms with Crippen LogP contribution in [0.5, 0.6) is 0 Å². The molecule has 0 bridgehead atoms. The van der Waals surface area contributed by atoms with E-state index in [-0.39, 0.29) is 18.0 Å². The molecule has 0 aliphatic carbocycles. The molecule has 0 spiro atoms. The highest BCUT2D eigenvalue weighted by Crippen LogP contribution is 2.19. The fraction of sp³-hybridized carbons (Fsp3) is 0.417. The van der Waals surface area contributed by atoms with E-state index in [9.17, 15) is 4.79 Å². The van der Waals surface area contributed by atoms with Crippen molar-refractivity contribution in [2.75, 3.05) is 6.26 Å². The van der Waals surface area contributed by atoms with Gasteiger partial charge in [-0.25, -0.2) is 0 Å². The molecule has 1 amide bonds. The molecule has 0 aromatic heterocycles. The zero-order valence-corrected chi connectivity index (χ0v) is 10.7. The number of primary amides is 1. The third-order valence-corrected chi connectivity index (χ3v) is 3.29. The summed E-state index contributed by atoms with van der Waals surface area (Å²) in [6.45, 7) is 3.79. The second-order valence-corrected chi connectivity index (χ2v) is 4.67. The van der Waals surface area contributed by atoms with Crippen molar-refractivity contribution in [1.82, 2.24) is 5.32 Å². The van der Waals surface area contributed by atoms with Gasteiger partial charge in [0.2, 0.25) is 5.91 Å². The summed E-state index contributed by atoms with van der Waals surface area (Å²) in [4.78, 5) is 12.2. The second kappa shape index (κ2) is 5.92. The van der Waals surface area contributed by atoms with Crippen molar-refractivity contribution in [3.63, 3.8) is 0 Å². The highest BCUT2D eigenvalue weighted by atomic mass is 32.2. The van der Waals surface area contributed by atoms with Crippen molar-refractivity contribution >= 4 is 17.7 Å². The Labute approximate surface area is 101 Å². The summed E-state index contributed by atoms with van der Waals surface area (Å²) in [5.74, 6) is -0.326. The van der Waals surface area contributed by atoms with Gasteiger partial charge >= 0.3 is 0 Å². The molecule has 2 unspecified atom stereocenters. The van der Waals surface area contributed by atoms with Crippen LogP contribution in [0.25, 0.3) is 0 Å². The van der Waals surface area contributed by atoms with Gasteiger partial charge in [0.05, 0.1) is 6.04 Å². The maximum atomic E-state index is 10.9. The lowest BCUT2D eigenvalue weighted by molar-refractivity contribution is -0.119. The molecule has 1 rings (SSSR count). The van der Waals surface area contributed by atoms with Crippen LogP contribution >= 0.6 is 11.8 Å². The van der Waals surface area contributed by atoms with Crippen molar-refractivity contribution < 1.29 is 4.79 Å². The number of nitrogens with one attached hydrogen (secondary N) is 1.